The van der Waals surface area contributed by atoms with E-state index in [1.165, 1.54) is 19.2 Å². The number of morpholine rings is 1. The Balaban J connectivity index is 1.15. The van der Waals surface area contributed by atoms with Crippen molar-refractivity contribution in [3.05, 3.63) is 137 Å². The van der Waals surface area contributed by atoms with Gasteiger partial charge in [-0.2, -0.15) is 0 Å². The van der Waals surface area contributed by atoms with Gasteiger partial charge in [-0.15, -0.1) is 0 Å². The molecule has 1 heterocycles. The summed E-state index contributed by atoms with van der Waals surface area (Å²) < 4.78 is 29.4. The van der Waals surface area contributed by atoms with Crippen LogP contribution in [-0.2, 0) is 32.0 Å². The number of anilines is 1. The van der Waals surface area contributed by atoms with Crippen LogP contribution in [0.4, 0.5) is 19.7 Å². The van der Waals surface area contributed by atoms with Gasteiger partial charge in [0.25, 0.3) is 0 Å². The first-order valence-corrected chi connectivity index (χ1v) is 16.2. The molecule has 10 nitrogen and oxygen atoms in total. The minimum Gasteiger partial charge on any atom is -0.453 e. The molecule has 1 saturated heterocycles. The summed E-state index contributed by atoms with van der Waals surface area (Å²) in [4.78, 5) is 38.6. The summed E-state index contributed by atoms with van der Waals surface area (Å²) in [6.45, 7) is 1.32. The quantitative estimate of drug-likeness (QED) is 0.148. The van der Waals surface area contributed by atoms with Gasteiger partial charge in [0.2, 0.25) is 5.91 Å². The lowest BCUT2D eigenvalue weighted by Gasteiger charge is -2.30. The Morgan fingerprint density at radius 3 is 2.16 bits per heavy atom. The first-order chi connectivity index (χ1) is 23.9. The molecule has 0 saturated carbocycles. The van der Waals surface area contributed by atoms with Crippen molar-refractivity contribution in [3.8, 4) is 0 Å². The van der Waals surface area contributed by atoms with Gasteiger partial charge in [-0.25, -0.2) is 14.0 Å². The van der Waals surface area contributed by atoms with Crippen LogP contribution in [0.5, 0.6) is 0 Å². The lowest BCUT2D eigenvalue weighted by molar-refractivity contribution is -0.118. The third-order valence-electron chi connectivity index (χ3n) is 8.34. The van der Waals surface area contributed by atoms with Crippen LogP contribution >= 0.6 is 0 Å². The van der Waals surface area contributed by atoms with Crippen molar-refractivity contribution in [1.29, 1.82) is 0 Å². The Hall–Kier alpha value is -5.26. The van der Waals surface area contributed by atoms with Gasteiger partial charge in [-0.1, -0.05) is 91.0 Å². The van der Waals surface area contributed by atoms with Gasteiger partial charge >= 0.3 is 12.2 Å². The zero-order chi connectivity index (χ0) is 34.4. The largest absolute Gasteiger partial charge is 0.453 e. The SMILES string of the molecule is COC(=O)N[C@H](C(=O)Nc1ccccc1CC[C@@H]1CN[C@H](COC(=O)NCc2ccc(F)cc2)CO1)C(c1ccccc1)c1ccccc1. The molecular weight excluding hydrogens is 627 g/mol. The third kappa shape index (κ3) is 10.4. The number of benzene rings is 4. The molecule has 3 amide bonds. The topological polar surface area (TPSA) is 127 Å². The fourth-order valence-corrected chi connectivity index (χ4v) is 5.74. The van der Waals surface area contributed by atoms with Crippen molar-refractivity contribution < 1.29 is 33.0 Å². The average molecular weight is 669 g/mol. The first kappa shape index (κ1) is 35.1. The van der Waals surface area contributed by atoms with E-state index >= 15 is 0 Å². The number of aryl methyl sites for hydroxylation is 1. The van der Waals surface area contributed by atoms with E-state index in [0.29, 0.717) is 31.7 Å². The molecule has 0 bridgehead atoms. The number of alkyl carbamates (subject to hydrolysis) is 2. The van der Waals surface area contributed by atoms with Crippen LogP contribution in [0.1, 0.15) is 34.6 Å². The van der Waals surface area contributed by atoms with Gasteiger partial charge in [0.1, 0.15) is 18.5 Å². The van der Waals surface area contributed by atoms with Crippen molar-refractivity contribution >= 4 is 23.8 Å². The number of nitrogens with one attached hydrogen (secondary N) is 4. The molecule has 0 unspecified atom stereocenters. The smallest absolute Gasteiger partial charge is 0.407 e. The number of amides is 3. The molecule has 0 spiro atoms. The van der Waals surface area contributed by atoms with Crippen molar-refractivity contribution in [2.45, 2.75) is 43.5 Å². The molecule has 5 rings (SSSR count). The van der Waals surface area contributed by atoms with E-state index in [9.17, 15) is 18.8 Å². The van der Waals surface area contributed by atoms with E-state index in [-0.39, 0.29) is 37.0 Å². The van der Waals surface area contributed by atoms with Crippen LogP contribution in [0.15, 0.2) is 109 Å². The second-order valence-electron chi connectivity index (χ2n) is 11.7. The minimum absolute atomic E-state index is 0.0819. The van der Waals surface area contributed by atoms with Crippen molar-refractivity contribution in [2.75, 3.05) is 32.2 Å². The second kappa shape index (κ2) is 17.8. The maximum Gasteiger partial charge on any atom is 0.407 e. The molecule has 1 aliphatic rings. The van der Waals surface area contributed by atoms with E-state index < -0.39 is 24.1 Å². The van der Waals surface area contributed by atoms with E-state index in [0.717, 1.165) is 22.3 Å². The Morgan fingerprint density at radius 1 is 0.878 bits per heavy atom. The number of rotatable bonds is 13. The number of carbonyl (C=O) groups excluding carboxylic acids is 3. The number of hydrogen-bond donors (Lipinski definition) is 4. The maximum atomic E-state index is 14.0. The summed E-state index contributed by atoms with van der Waals surface area (Å²) in [5.41, 5.74) is 4.08. The highest BCUT2D eigenvalue weighted by Crippen LogP contribution is 2.30. The second-order valence-corrected chi connectivity index (χ2v) is 11.7. The third-order valence-corrected chi connectivity index (χ3v) is 8.34. The lowest BCUT2D eigenvalue weighted by Crippen LogP contribution is -2.49. The molecule has 4 aromatic carbocycles. The summed E-state index contributed by atoms with van der Waals surface area (Å²) >= 11 is 0. The Kier molecular flexibility index (Phi) is 12.7. The summed E-state index contributed by atoms with van der Waals surface area (Å²) in [6, 6.07) is 31.5. The van der Waals surface area contributed by atoms with Crippen LogP contribution in [-0.4, -0.2) is 63.1 Å². The highest BCUT2D eigenvalue weighted by molar-refractivity contribution is 5.98. The molecule has 0 radical (unpaired) electrons. The van der Waals surface area contributed by atoms with Gasteiger partial charge < -0.3 is 35.5 Å². The Morgan fingerprint density at radius 2 is 1.53 bits per heavy atom. The standard InChI is InChI=1S/C38H41FN4O6/c1-47-38(46)43-35(34(28-11-4-2-5-12-28)29-13-6-3-7-14-29)36(44)42-33-15-9-8-10-27(33)18-21-32-23-40-31(24-48-32)25-49-37(45)41-22-26-16-19-30(39)20-17-26/h2-17,19-20,31-32,34-35,40H,18,21-25H2,1H3,(H,41,45)(H,42,44)(H,43,46)/t31-,32+,35-/m0/s1. The van der Waals surface area contributed by atoms with Crippen molar-refractivity contribution in [3.63, 3.8) is 0 Å². The highest BCUT2D eigenvalue weighted by atomic mass is 19.1. The highest BCUT2D eigenvalue weighted by Gasteiger charge is 2.33. The van der Waals surface area contributed by atoms with E-state index in [4.69, 9.17) is 14.2 Å². The molecule has 49 heavy (non-hydrogen) atoms. The summed E-state index contributed by atoms with van der Waals surface area (Å²) in [5, 5.41) is 11.9. The van der Waals surface area contributed by atoms with Gasteiger partial charge in [0.15, 0.2) is 0 Å². The molecule has 4 aromatic rings. The van der Waals surface area contributed by atoms with E-state index in [1.807, 2.05) is 84.9 Å². The molecule has 3 atom stereocenters. The molecule has 0 aliphatic carbocycles. The molecule has 1 fully saturated rings. The van der Waals surface area contributed by atoms with Crippen LogP contribution in [0.2, 0.25) is 0 Å². The van der Waals surface area contributed by atoms with Crippen LogP contribution in [0.25, 0.3) is 0 Å². The van der Waals surface area contributed by atoms with Gasteiger partial charge in [-0.05, 0) is 53.3 Å². The molecule has 11 heteroatoms. The van der Waals surface area contributed by atoms with E-state index in [2.05, 4.69) is 21.3 Å². The molecular formula is C38H41FN4O6. The van der Waals surface area contributed by atoms with Crippen molar-refractivity contribution in [1.82, 2.24) is 16.0 Å². The lowest BCUT2D eigenvalue weighted by atomic mass is 9.84. The van der Waals surface area contributed by atoms with Crippen LogP contribution in [0, 0.1) is 5.82 Å². The molecule has 0 aromatic heterocycles. The maximum absolute atomic E-state index is 14.0. The minimum atomic E-state index is -0.972. The molecule has 4 N–H and O–H groups in total. The number of carbonyl (C=O) groups is 3. The zero-order valence-electron chi connectivity index (χ0n) is 27.3. The van der Waals surface area contributed by atoms with Gasteiger partial charge in [-0.3, -0.25) is 4.79 Å². The first-order valence-electron chi connectivity index (χ1n) is 16.2. The predicted octanol–water partition coefficient (Wildman–Crippen LogP) is 5.54. The molecule has 1 aliphatic heterocycles. The van der Waals surface area contributed by atoms with Gasteiger partial charge in [0, 0.05) is 24.7 Å². The monoisotopic (exact) mass is 668 g/mol. The summed E-state index contributed by atoms with van der Waals surface area (Å²) in [5.74, 6) is -1.19. The summed E-state index contributed by atoms with van der Waals surface area (Å²) in [6.07, 6.45) is -0.0319. The number of halogens is 1. The normalized spacial score (nSPS) is 16.3. The van der Waals surface area contributed by atoms with Crippen molar-refractivity contribution in [2.24, 2.45) is 0 Å². The number of methoxy groups -OCH3 is 1. The Labute approximate surface area is 285 Å². The Bertz CT molecular complexity index is 1610. The number of para-hydroxylation sites is 1. The average Bonchev–Trinajstić information content (AvgIpc) is 3.14. The fourth-order valence-electron chi connectivity index (χ4n) is 5.74. The molecule has 256 valence electrons. The van der Waals surface area contributed by atoms with E-state index in [1.54, 1.807) is 12.1 Å². The van der Waals surface area contributed by atoms with Crippen LogP contribution in [0.3, 0.4) is 0 Å². The van der Waals surface area contributed by atoms with Gasteiger partial charge in [0.05, 0.1) is 25.9 Å². The number of hydrogen-bond acceptors (Lipinski definition) is 7. The van der Waals surface area contributed by atoms with Crippen LogP contribution < -0.4 is 21.3 Å². The zero-order valence-corrected chi connectivity index (χ0v) is 27.3. The number of ether oxygens (including phenoxy) is 3. The fraction of sp³-hybridized carbons (Fsp3) is 0.289. The summed E-state index contributed by atoms with van der Waals surface area (Å²) in [7, 11) is 1.27. The predicted molar refractivity (Wildman–Crippen MR) is 184 cm³/mol.